The molecule has 2 aromatic rings. The summed E-state index contributed by atoms with van der Waals surface area (Å²) >= 11 is 11.9. The normalized spacial score (nSPS) is 10.4. The maximum Gasteiger partial charge on any atom is 0.252 e. The smallest absolute Gasteiger partial charge is 0.252 e. The largest absolute Gasteiger partial charge is 0.494 e. The molecule has 0 aromatic heterocycles. The van der Waals surface area contributed by atoms with Crippen molar-refractivity contribution in [2.24, 2.45) is 0 Å². The molecule has 1 amide bonds. The predicted molar refractivity (Wildman–Crippen MR) is 94.7 cm³/mol. The van der Waals surface area contributed by atoms with E-state index in [0.29, 0.717) is 28.8 Å². The van der Waals surface area contributed by atoms with Gasteiger partial charge < -0.3 is 10.1 Å². The molecule has 23 heavy (non-hydrogen) atoms. The van der Waals surface area contributed by atoms with Gasteiger partial charge in [-0.2, -0.15) is 0 Å². The van der Waals surface area contributed by atoms with Crippen molar-refractivity contribution in [2.45, 2.75) is 19.8 Å². The van der Waals surface area contributed by atoms with E-state index in [2.05, 4.69) is 5.32 Å². The fraction of sp³-hybridized carbons (Fsp3) is 0.278. The molecule has 0 saturated heterocycles. The first-order valence-corrected chi connectivity index (χ1v) is 8.31. The van der Waals surface area contributed by atoms with E-state index in [9.17, 15) is 4.79 Å². The Hall–Kier alpha value is -1.71. The Balaban J connectivity index is 1.84. The molecule has 3 nitrogen and oxygen atoms in total. The lowest BCUT2D eigenvalue weighted by Crippen LogP contribution is -2.25. The molecule has 0 heterocycles. The zero-order valence-electron chi connectivity index (χ0n) is 12.9. The molecule has 0 aliphatic carbocycles. The molecule has 0 atom stereocenters. The zero-order chi connectivity index (χ0) is 16.7. The van der Waals surface area contributed by atoms with Crippen LogP contribution in [0.2, 0.25) is 10.0 Å². The summed E-state index contributed by atoms with van der Waals surface area (Å²) in [6.07, 6.45) is 1.66. The number of rotatable bonds is 7. The highest BCUT2D eigenvalue weighted by Gasteiger charge is 2.10. The van der Waals surface area contributed by atoms with Crippen LogP contribution in [-0.4, -0.2) is 19.1 Å². The molecule has 2 aromatic carbocycles. The van der Waals surface area contributed by atoms with Crippen LogP contribution < -0.4 is 10.1 Å². The molecule has 1 N–H and O–H groups in total. The topological polar surface area (TPSA) is 38.3 Å². The fourth-order valence-electron chi connectivity index (χ4n) is 2.26. The van der Waals surface area contributed by atoms with E-state index in [1.165, 1.54) is 0 Å². The van der Waals surface area contributed by atoms with Crippen LogP contribution in [0.15, 0.2) is 42.5 Å². The van der Waals surface area contributed by atoms with E-state index in [-0.39, 0.29) is 5.91 Å². The van der Waals surface area contributed by atoms with Crippen LogP contribution in [0.3, 0.4) is 0 Å². The van der Waals surface area contributed by atoms with E-state index in [0.717, 1.165) is 24.2 Å². The highest BCUT2D eigenvalue weighted by Crippen LogP contribution is 2.21. The van der Waals surface area contributed by atoms with Gasteiger partial charge in [-0.15, -0.1) is 0 Å². The molecule has 0 unspecified atom stereocenters. The first-order chi connectivity index (χ1) is 11.1. The average Bonchev–Trinajstić information content (AvgIpc) is 2.53. The Kier molecular flexibility index (Phi) is 6.75. The van der Waals surface area contributed by atoms with Gasteiger partial charge in [-0.05, 0) is 49.6 Å². The number of nitrogens with one attached hydrogen (secondary N) is 1. The van der Waals surface area contributed by atoms with Gasteiger partial charge in [0.15, 0.2) is 0 Å². The summed E-state index contributed by atoms with van der Waals surface area (Å²) in [5.74, 6) is 0.715. The van der Waals surface area contributed by atoms with Gasteiger partial charge >= 0.3 is 0 Å². The van der Waals surface area contributed by atoms with E-state index in [1.54, 1.807) is 18.2 Å². The second-order valence-electron chi connectivity index (χ2n) is 5.02. The lowest BCUT2D eigenvalue weighted by atomic mass is 10.1. The lowest BCUT2D eigenvalue weighted by molar-refractivity contribution is 0.0953. The van der Waals surface area contributed by atoms with Crippen LogP contribution in [0.25, 0.3) is 0 Å². The Bertz CT molecular complexity index is 674. The SMILES string of the molecule is CCOc1ccccc1CCCNC(=O)c1ccc(Cl)cc1Cl. The van der Waals surface area contributed by atoms with Gasteiger partial charge in [0.1, 0.15) is 5.75 Å². The van der Waals surface area contributed by atoms with Crippen LogP contribution >= 0.6 is 23.2 Å². The quantitative estimate of drug-likeness (QED) is 0.730. The van der Waals surface area contributed by atoms with Crippen molar-refractivity contribution < 1.29 is 9.53 Å². The minimum Gasteiger partial charge on any atom is -0.494 e. The van der Waals surface area contributed by atoms with Crippen molar-refractivity contribution in [2.75, 3.05) is 13.2 Å². The number of carbonyl (C=O) groups is 1. The number of aryl methyl sites for hydroxylation is 1. The van der Waals surface area contributed by atoms with Gasteiger partial charge in [-0.1, -0.05) is 41.4 Å². The first-order valence-electron chi connectivity index (χ1n) is 7.55. The van der Waals surface area contributed by atoms with Crippen LogP contribution in [0.4, 0.5) is 0 Å². The minimum absolute atomic E-state index is 0.190. The molecule has 0 aliphatic heterocycles. The summed E-state index contributed by atoms with van der Waals surface area (Å²) in [5, 5.41) is 3.74. The Labute approximate surface area is 146 Å². The highest BCUT2D eigenvalue weighted by molar-refractivity contribution is 6.36. The van der Waals surface area contributed by atoms with E-state index >= 15 is 0 Å². The summed E-state index contributed by atoms with van der Waals surface area (Å²) in [7, 11) is 0. The number of ether oxygens (including phenoxy) is 1. The third-order valence-corrected chi connectivity index (χ3v) is 3.90. The number of hydrogen-bond acceptors (Lipinski definition) is 2. The first kappa shape index (κ1) is 17.6. The molecule has 0 spiro atoms. The number of para-hydroxylation sites is 1. The Morgan fingerprint density at radius 3 is 2.70 bits per heavy atom. The average molecular weight is 352 g/mol. The summed E-state index contributed by atoms with van der Waals surface area (Å²) in [5.41, 5.74) is 1.58. The second kappa shape index (κ2) is 8.80. The van der Waals surface area contributed by atoms with Crippen molar-refractivity contribution in [3.05, 3.63) is 63.6 Å². The van der Waals surface area contributed by atoms with Gasteiger partial charge in [0.25, 0.3) is 5.91 Å². The summed E-state index contributed by atoms with van der Waals surface area (Å²) < 4.78 is 5.59. The zero-order valence-corrected chi connectivity index (χ0v) is 14.5. The van der Waals surface area contributed by atoms with Crippen LogP contribution in [-0.2, 0) is 6.42 Å². The lowest BCUT2D eigenvalue weighted by Gasteiger charge is -2.10. The summed E-state index contributed by atoms with van der Waals surface area (Å²) in [6.45, 7) is 3.17. The molecular weight excluding hydrogens is 333 g/mol. The van der Waals surface area contributed by atoms with Crippen LogP contribution in [0, 0.1) is 0 Å². The van der Waals surface area contributed by atoms with Crippen molar-refractivity contribution in [1.29, 1.82) is 0 Å². The monoisotopic (exact) mass is 351 g/mol. The van der Waals surface area contributed by atoms with Crippen LogP contribution in [0.5, 0.6) is 5.75 Å². The standard InChI is InChI=1S/C18H19Cl2NO2/c1-2-23-17-8-4-3-6-13(17)7-5-11-21-18(22)15-10-9-14(19)12-16(15)20/h3-4,6,8-10,12H,2,5,7,11H2,1H3,(H,21,22). The summed E-state index contributed by atoms with van der Waals surface area (Å²) in [6, 6.07) is 12.8. The number of carbonyl (C=O) groups excluding carboxylic acids is 1. The molecule has 0 aliphatic rings. The van der Waals surface area contributed by atoms with E-state index < -0.39 is 0 Å². The van der Waals surface area contributed by atoms with Crippen molar-refractivity contribution in [3.8, 4) is 5.75 Å². The number of hydrogen-bond donors (Lipinski definition) is 1. The number of amides is 1. The van der Waals surface area contributed by atoms with Crippen molar-refractivity contribution in [1.82, 2.24) is 5.32 Å². The van der Waals surface area contributed by atoms with Gasteiger partial charge in [0.2, 0.25) is 0 Å². The van der Waals surface area contributed by atoms with E-state index in [1.807, 2.05) is 31.2 Å². The number of halogens is 2. The molecule has 0 radical (unpaired) electrons. The van der Waals surface area contributed by atoms with Crippen LogP contribution in [0.1, 0.15) is 29.3 Å². The number of benzene rings is 2. The Morgan fingerprint density at radius 2 is 1.96 bits per heavy atom. The van der Waals surface area contributed by atoms with E-state index in [4.69, 9.17) is 27.9 Å². The molecule has 122 valence electrons. The highest BCUT2D eigenvalue weighted by atomic mass is 35.5. The van der Waals surface area contributed by atoms with Gasteiger partial charge in [-0.25, -0.2) is 0 Å². The second-order valence-corrected chi connectivity index (χ2v) is 5.87. The molecule has 5 heteroatoms. The van der Waals surface area contributed by atoms with Crippen molar-refractivity contribution in [3.63, 3.8) is 0 Å². The molecular formula is C18H19Cl2NO2. The third-order valence-electron chi connectivity index (χ3n) is 3.36. The maximum atomic E-state index is 12.1. The third kappa shape index (κ3) is 5.15. The minimum atomic E-state index is -0.190. The van der Waals surface area contributed by atoms with Gasteiger partial charge in [0.05, 0.1) is 17.2 Å². The molecule has 0 fully saturated rings. The molecule has 0 bridgehead atoms. The molecule has 0 saturated carbocycles. The summed E-state index contributed by atoms with van der Waals surface area (Å²) in [4.78, 5) is 12.1. The fourth-order valence-corrected chi connectivity index (χ4v) is 2.75. The van der Waals surface area contributed by atoms with Gasteiger partial charge in [-0.3, -0.25) is 4.79 Å². The molecule has 2 rings (SSSR count). The van der Waals surface area contributed by atoms with Crippen molar-refractivity contribution >= 4 is 29.1 Å². The van der Waals surface area contributed by atoms with Gasteiger partial charge in [0, 0.05) is 11.6 Å². The Morgan fingerprint density at radius 1 is 1.17 bits per heavy atom. The maximum absolute atomic E-state index is 12.1. The predicted octanol–water partition coefficient (Wildman–Crippen LogP) is 4.75.